The van der Waals surface area contributed by atoms with Crippen molar-refractivity contribution in [3.63, 3.8) is 0 Å². The van der Waals surface area contributed by atoms with Gasteiger partial charge in [-0.2, -0.15) is 0 Å². The molecule has 0 saturated heterocycles. The van der Waals surface area contributed by atoms with Crippen LogP contribution in [0.25, 0.3) is 0 Å². The maximum Gasteiger partial charge on any atom is 0.261 e. The molecular weight excluding hydrogens is 314 g/mol. The molecule has 2 aromatic rings. The Morgan fingerprint density at radius 2 is 1.65 bits per heavy atom. The molecule has 1 aromatic heterocycles. The van der Waals surface area contributed by atoms with Crippen LogP contribution in [-0.4, -0.2) is 39.1 Å². The molecule has 3 rings (SSSR count). The second kappa shape index (κ2) is 6.00. The molecule has 23 heavy (non-hydrogen) atoms. The number of rotatable bonds is 4. The standard InChI is InChI=1S/C16H15N3O3S/c1-10-9-13(20)18(16(17-10)23-2)7-8-19-14(21)11-5-3-4-6-12(11)15(19)22/h3-6,9H,7-8H2,1-2H3. The first kappa shape index (κ1) is 15.5. The van der Waals surface area contributed by atoms with Gasteiger partial charge in [-0.25, -0.2) is 4.98 Å². The third kappa shape index (κ3) is 2.68. The third-order valence-electron chi connectivity index (χ3n) is 3.71. The van der Waals surface area contributed by atoms with Crippen molar-refractivity contribution in [3.8, 4) is 0 Å². The minimum absolute atomic E-state index is 0.143. The van der Waals surface area contributed by atoms with Crippen molar-refractivity contribution in [2.75, 3.05) is 12.8 Å². The lowest BCUT2D eigenvalue weighted by atomic mass is 10.1. The number of thioether (sulfide) groups is 1. The summed E-state index contributed by atoms with van der Waals surface area (Å²) < 4.78 is 1.49. The molecule has 0 radical (unpaired) electrons. The van der Waals surface area contributed by atoms with Crippen LogP contribution in [0.5, 0.6) is 0 Å². The Kier molecular flexibility index (Phi) is 4.04. The minimum Gasteiger partial charge on any atom is -0.286 e. The summed E-state index contributed by atoms with van der Waals surface area (Å²) in [6.45, 7) is 2.13. The van der Waals surface area contributed by atoms with E-state index in [2.05, 4.69) is 4.98 Å². The van der Waals surface area contributed by atoms with E-state index in [1.807, 2.05) is 6.26 Å². The Balaban J connectivity index is 1.85. The maximum atomic E-state index is 12.3. The average molecular weight is 329 g/mol. The normalized spacial score (nSPS) is 13.6. The van der Waals surface area contributed by atoms with Crippen molar-refractivity contribution in [1.29, 1.82) is 0 Å². The number of imide groups is 1. The average Bonchev–Trinajstić information content (AvgIpc) is 2.78. The molecule has 0 fully saturated rings. The van der Waals surface area contributed by atoms with E-state index in [0.29, 0.717) is 22.0 Å². The van der Waals surface area contributed by atoms with Crippen LogP contribution in [0.4, 0.5) is 0 Å². The van der Waals surface area contributed by atoms with Gasteiger partial charge in [-0.3, -0.25) is 23.9 Å². The predicted molar refractivity (Wildman–Crippen MR) is 86.8 cm³/mol. The van der Waals surface area contributed by atoms with Crippen LogP contribution < -0.4 is 5.56 Å². The Bertz CT molecular complexity index is 825. The Hall–Kier alpha value is -2.41. The number of hydrogen-bond donors (Lipinski definition) is 0. The minimum atomic E-state index is -0.315. The van der Waals surface area contributed by atoms with E-state index < -0.39 is 0 Å². The summed E-state index contributed by atoms with van der Waals surface area (Å²) in [6, 6.07) is 8.19. The first-order chi connectivity index (χ1) is 11.0. The molecule has 0 N–H and O–H groups in total. The van der Waals surface area contributed by atoms with Crippen LogP contribution in [0.15, 0.2) is 40.3 Å². The van der Waals surface area contributed by atoms with Crippen LogP contribution in [0.3, 0.4) is 0 Å². The van der Waals surface area contributed by atoms with E-state index in [1.165, 1.54) is 27.3 Å². The van der Waals surface area contributed by atoms with E-state index >= 15 is 0 Å². The highest BCUT2D eigenvalue weighted by Crippen LogP contribution is 2.22. The van der Waals surface area contributed by atoms with E-state index in [4.69, 9.17) is 0 Å². The summed E-state index contributed by atoms with van der Waals surface area (Å²) in [6.07, 6.45) is 1.83. The number of aromatic nitrogens is 2. The molecule has 0 unspecified atom stereocenters. The van der Waals surface area contributed by atoms with Crippen molar-refractivity contribution in [2.45, 2.75) is 18.6 Å². The smallest absolute Gasteiger partial charge is 0.261 e. The fourth-order valence-corrected chi connectivity index (χ4v) is 3.24. The SMILES string of the molecule is CSc1nc(C)cc(=O)n1CCN1C(=O)c2ccccc2C1=O. The molecule has 2 heterocycles. The molecule has 0 saturated carbocycles. The number of aryl methyl sites for hydroxylation is 1. The predicted octanol–water partition coefficient (Wildman–Crippen LogP) is 1.57. The van der Waals surface area contributed by atoms with Crippen LogP contribution in [0.2, 0.25) is 0 Å². The molecule has 1 aliphatic heterocycles. The van der Waals surface area contributed by atoms with Gasteiger partial charge in [0.1, 0.15) is 0 Å². The van der Waals surface area contributed by atoms with Crippen molar-refractivity contribution in [3.05, 3.63) is 57.5 Å². The van der Waals surface area contributed by atoms with Crippen molar-refractivity contribution in [2.24, 2.45) is 0 Å². The third-order valence-corrected chi connectivity index (χ3v) is 4.39. The summed E-state index contributed by atoms with van der Waals surface area (Å²) in [5.41, 5.74) is 1.30. The zero-order valence-electron chi connectivity index (χ0n) is 12.8. The summed E-state index contributed by atoms with van der Waals surface area (Å²) in [4.78, 5) is 42.3. The van der Waals surface area contributed by atoms with Gasteiger partial charge in [-0.05, 0) is 25.3 Å². The summed E-state index contributed by atoms with van der Waals surface area (Å²) in [7, 11) is 0. The zero-order valence-corrected chi connectivity index (χ0v) is 13.6. The molecule has 0 spiro atoms. The van der Waals surface area contributed by atoms with Gasteiger partial charge >= 0.3 is 0 Å². The van der Waals surface area contributed by atoms with Crippen molar-refractivity contribution in [1.82, 2.24) is 14.5 Å². The topological polar surface area (TPSA) is 72.3 Å². The molecular formula is C16H15N3O3S. The zero-order chi connectivity index (χ0) is 16.6. The van der Waals surface area contributed by atoms with Crippen LogP contribution in [-0.2, 0) is 6.54 Å². The number of carbonyl (C=O) groups is 2. The lowest BCUT2D eigenvalue weighted by molar-refractivity contribution is 0.0647. The largest absolute Gasteiger partial charge is 0.286 e. The van der Waals surface area contributed by atoms with Crippen LogP contribution >= 0.6 is 11.8 Å². The van der Waals surface area contributed by atoms with Gasteiger partial charge in [0.15, 0.2) is 5.16 Å². The van der Waals surface area contributed by atoms with Crippen LogP contribution in [0, 0.1) is 6.92 Å². The number of amides is 2. The molecule has 2 amide bonds. The van der Waals surface area contributed by atoms with Gasteiger partial charge in [-0.1, -0.05) is 23.9 Å². The molecule has 1 aliphatic rings. The van der Waals surface area contributed by atoms with E-state index in [9.17, 15) is 14.4 Å². The van der Waals surface area contributed by atoms with Gasteiger partial charge < -0.3 is 0 Å². The molecule has 0 bridgehead atoms. The number of benzene rings is 1. The van der Waals surface area contributed by atoms with Gasteiger partial charge in [0, 0.05) is 24.8 Å². The van der Waals surface area contributed by atoms with E-state index in [1.54, 1.807) is 31.2 Å². The Morgan fingerprint density at radius 3 is 2.22 bits per heavy atom. The first-order valence-corrected chi connectivity index (χ1v) is 8.33. The second-order valence-electron chi connectivity index (χ2n) is 5.18. The van der Waals surface area contributed by atoms with E-state index in [-0.39, 0.29) is 30.5 Å². The van der Waals surface area contributed by atoms with Crippen molar-refractivity contribution < 1.29 is 9.59 Å². The van der Waals surface area contributed by atoms with Gasteiger partial charge in [0.25, 0.3) is 17.4 Å². The van der Waals surface area contributed by atoms with Gasteiger partial charge in [0.05, 0.1) is 11.1 Å². The summed E-state index contributed by atoms with van der Waals surface area (Å²) in [5, 5.41) is 0.576. The van der Waals surface area contributed by atoms with Crippen LogP contribution in [0.1, 0.15) is 26.4 Å². The quantitative estimate of drug-likeness (QED) is 0.484. The number of fused-ring (bicyclic) bond motifs is 1. The molecule has 7 heteroatoms. The Morgan fingerprint density at radius 1 is 1.04 bits per heavy atom. The molecule has 118 valence electrons. The lowest BCUT2D eigenvalue weighted by Crippen LogP contribution is -2.35. The summed E-state index contributed by atoms with van der Waals surface area (Å²) >= 11 is 1.36. The maximum absolute atomic E-state index is 12.3. The monoisotopic (exact) mass is 329 g/mol. The van der Waals surface area contributed by atoms with Gasteiger partial charge in [0.2, 0.25) is 0 Å². The first-order valence-electron chi connectivity index (χ1n) is 7.10. The molecule has 0 atom stereocenters. The fourth-order valence-electron chi connectivity index (χ4n) is 2.60. The number of hydrogen-bond acceptors (Lipinski definition) is 5. The molecule has 0 aliphatic carbocycles. The highest BCUT2D eigenvalue weighted by Gasteiger charge is 2.34. The highest BCUT2D eigenvalue weighted by molar-refractivity contribution is 7.98. The van der Waals surface area contributed by atoms with Gasteiger partial charge in [-0.15, -0.1) is 0 Å². The fraction of sp³-hybridized carbons (Fsp3) is 0.250. The molecule has 1 aromatic carbocycles. The lowest BCUT2D eigenvalue weighted by Gasteiger charge is -2.16. The number of carbonyl (C=O) groups excluding carboxylic acids is 2. The van der Waals surface area contributed by atoms with Crippen molar-refractivity contribution >= 4 is 23.6 Å². The highest BCUT2D eigenvalue weighted by atomic mass is 32.2. The molecule has 6 nitrogen and oxygen atoms in total. The Labute approximate surface area is 137 Å². The summed E-state index contributed by atoms with van der Waals surface area (Å²) in [5.74, 6) is -0.631. The van der Waals surface area contributed by atoms with E-state index in [0.717, 1.165) is 0 Å². The number of nitrogens with zero attached hydrogens (tertiary/aromatic N) is 3. The second-order valence-corrected chi connectivity index (χ2v) is 5.96.